The SMILES string of the molecule is NOCCc1c(O)ccc(Cl)c1F. The van der Waals surface area contributed by atoms with Crippen molar-refractivity contribution in [3.05, 3.63) is 28.5 Å². The van der Waals surface area contributed by atoms with Crippen LogP contribution in [0.2, 0.25) is 5.02 Å². The van der Waals surface area contributed by atoms with Gasteiger partial charge in [-0.3, -0.25) is 0 Å². The van der Waals surface area contributed by atoms with Crippen LogP contribution in [0.25, 0.3) is 0 Å². The molecule has 3 nitrogen and oxygen atoms in total. The van der Waals surface area contributed by atoms with Gasteiger partial charge in [0.25, 0.3) is 0 Å². The molecule has 72 valence electrons. The fraction of sp³-hybridized carbons (Fsp3) is 0.250. The van der Waals surface area contributed by atoms with Gasteiger partial charge in [0.1, 0.15) is 11.6 Å². The number of hydrogen-bond donors (Lipinski definition) is 2. The molecule has 5 heteroatoms. The van der Waals surface area contributed by atoms with Crippen LogP contribution in [0.5, 0.6) is 5.75 Å². The van der Waals surface area contributed by atoms with Crippen LogP contribution in [0, 0.1) is 5.82 Å². The van der Waals surface area contributed by atoms with E-state index in [2.05, 4.69) is 4.84 Å². The lowest BCUT2D eigenvalue weighted by Crippen LogP contribution is -2.05. The first kappa shape index (κ1) is 10.2. The van der Waals surface area contributed by atoms with Gasteiger partial charge < -0.3 is 9.94 Å². The molecule has 0 fully saturated rings. The van der Waals surface area contributed by atoms with Crippen molar-refractivity contribution in [3.8, 4) is 5.75 Å². The van der Waals surface area contributed by atoms with Crippen molar-refractivity contribution < 1.29 is 14.3 Å². The summed E-state index contributed by atoms with van der Waals surface area (Å²) in [5.74, 6) is 4.01. The van der Waals surface area contributed by atoms with Gasteiger partial charge in [0.15, 0.2) is 0 Å². The lowest BCUT2D eigenvalue weighted by Gasteiger charge is -2.05. The standard InChI is InChI=1S/C8H9ClFNO2/c9-6-1-2-7(12)5(8(6)10)3-4-13-11/h1-2,12H,3-4,11H2. The number of aromatic hydroxyl groups is 1. The van der Waals surface area contributed by atoms with Crippen molar-refractivity contribution in [2.75, 3.05) is 6.61 Å². The Bertz CT molecular complexity index is 306. The fourth-order valence-corrected chi connectivity index (χ4v) is 1.16. The number of phenols is 1. The minimum Gasteiger partial charge on any atom is -0.508 e. The molecule has 0 spiro atoms. The second kappa shape index (κ2) is 4.41. The van der Waals surface area contributed by atoms with Gasteiger partial charge in [0, 0.05) is 12.0 Å². The van der Waals surface area contributed by atoms with Crippen LogP contribution in [0.15, 0.2) is 12.1 Å². The van der Waals surface area contributed by atoms with Gasteiger partial charge in [-0.15, -0.1) is 0 Å². The normalized spacial score (nSPS) is 10.4. The molecule has 0 aliphatic heterocycles. The van der Waals surface area contributed by atoms with Gasteiger partial charge in [-0.05, 0) is 12.1 Å². The summed E-state index contributed by atoms with van der Waals surface area (Å²) in [5.41, 5.74) is 0.123. The van der Waals surface area contributed by atoms with Crippen LogP contribution in [0.1, 0.15) is 5.56 Å². The molecule has 0 saturated heterocycles. The first-order chi connectivity index (χ1) is 6.16. The van der Waals surface area contributed by atoms with Crippen molar-refractivity contribution in [2.45, 2.75) is 6.42 Å². The van der Waals surface area contributed by atoms with Crippen LogP contribution in [-0.2, 0) is 11.3 Å². The topological polar surface area (TPSA) is 55.5 Å². The summed E-state index contributed by atoms with van der Waals surface area (Å²) in [6.45, 7) is 0.130. The van der Waals surface area contributed by atoms with E-state index in [-0.39, 0.29) is 29.4 Å². The van der Waals surface area contributed by atoms with Crippen molar-refractivity contribution in [1.29, 1.82) is 0 Å². The average molecular weight is 206 g/mol. The third-order valence-electron chi connectivity index (χ3n) is 1.64. The number of benzene rings is 1. The summed E-state index contributed by atoms with van der Waals surface area (Å²) in [6, 6.07) is 2.62. The van der Waals surface area contributed by atoms with Crippen LogP contribution in [0.3, 0.4) is 0 Å². The molecule has 0 radical (unpaired) electrons. The molecule has 0 aliphatic carbocycles. The van der Waals surface area contributed by atoms with E-state index in [9.17, 15) is 9.50 Å². The van der Waals surface area contributed by atoms with E-state index in [1.165, 1.54) is 12.1 Å². The molecule has 0 bridgehead atoms. The number of nitrogens with two attached hydrogens (primary N) is 1. The van der Waals surface area contributed by atoms with Gasteiger partial charge in [-0.25, -0.2) is 10.3 Å². The number of halogens is 2. The highest BCUT2D eigenvalue weighted by molar-refractivity contribution is 6.30. The molecular formula is C8H9ClFNO2. The first-order valence-corrected chi connectivity index (χ1v) is 4.02. The zero-order valence-corrected chi connectivity index (χ0v) is 7.51. The molecule has 13 heavy (non-hydrogen) atoms. The van der Waals surface area contributed by atoms with E-state index in [0.717, 1.165) is 0 Å². The first-order valence-electron chi connectivity index (χ1n) is 3.64. The summed E-state index contributed by atoms with van der Waals surface area (Å²) < 4.78 is 13.2. The molecule has 0 atom stereocenters. The Morgan fingerprint density at radius 1 is 1.54 bits per heavy atom. The summed E-state index contributed by atoms with van der Waals surface area (Å²) >= 11 is 5.51. The van der Waals surface area contributed by atoms with Crippen molar-refractivity contribution in [3.63, 3.8) is 0 Å². The van der Waals surface area contributed by atoms with Gasteiger partial charge >= 0.3 is 0 Å². The molecular weight excluding hydrogens is 197 g/mol. The third kappa shape index (κ3) is 2.30. The predicted octanol–water partition coefficient (Wildman–Crippen LogP) is 1.62. The Kier molecular flexibility index (Phi) is 3.48. The Hall–Kier alpha value is -0.840. The van der Waals surface area contributed by atoms with E-state index >= 15 is 0 Å². The zero-order valence-electron chi connectivity index (χ0n) is 6.76. The molecule has 0 saturated carbocycles. The van der Waals surface area contributed by atoms with Crippen molar-refractivity contribution in [1.82, 2.24) is 0 Å². The van der Waals surface area contributed by atoms with Crippen LogP contribution in [-0.4, -0.2) is 11.7 Å². The second-order valence-corrected chi connectivity index (χ2v) is 2.89. The monoisotopic (exact) mass is 205 g/mol. The lowest BCUT2D eigenvalue weighted by molar-refractivity contribution is 0.140. The Morgan fingerprint density at radius 3 is 2.85 bits per heavy atom. The van der Waals surface area contributed by atoms with Crippen LogP contribution < -0.4 is 5.90 Å². The maximum Gasteiger partial charge on any atom is 0.148 e. The minimum atomic E-state index is -0.626. The summed E-state index contributed by atoms with van der Waals surface area (Å²) in [7, 11) is 0. The highest BCUT2D eigenvalue weighted by Gasteiger charge is 2.11. The van der Waals surface area contributed by atoms with Gasteiger partial charge in [-0.2, -0.15) is 0 Å². The quantitative estimate of drug-likeness (QED) is 0.738. The van der Waals surface area contributed by atoms with Crippen LogP contribution in [0.4, 0.5) is 4.39 Å². The molecule has 0 amide bonds. The predicted molar refractivity (Wildman–Crippen MR) is 46.9 cm³/mol. The molecule has 0 aliphatic rings. The maximum atomic E-state index is 13.2. The van der Waals surface area contributed by atoms with Crippen LogP contribution >= 0.6 is 11.6 Å². The summed E-state index contributed by atoms with van der Waals surface area (Å²) in [6.07, 6.45) is 0.189. The number of hydrogen-bond acceptors (Lipinski definition) is 3. The molecule has 0 heterocycles. The van der Waals surface area contributed by atoms with E-state index in [4.69, 9.17) is 17.5 Å². The van der Waals surface area contributed by atoms with E-state index in [1.807, 2.05) is 0 Å². The zero-order chi connectivity index (χ0) is 9.84. The molecule has 1 aromatic carbocycles. The largest absolute Gasteiger partial charge is 0.508 e. The highest BCUT2D eigenvalue weighted by Crippen LogP contribution is 2.26. The minimum absolute atomic E-state index is 0.0233. The van der Waals surface area contributed by atoms with Crippen molar-refractivity contribution >= 4 is 11.6 Å². The van der Waals surface area contributed by atoms with Gasteiger partial charge in [0.05, 0.1) is 11.6 Å². The fourth-order valence-electron chi connectivity index (χ4n) is 0.981. The third-order valence-corrected chi connectivity index (χ3v) is 1.93. The Labute approximate surface area is 79.8 Å². The van der Waals surface area contributed by atoms with Crippen molar-refractivity contribution in [2.24, 2.45) is 5.90 Å². The lowest BCUT2D eigenvalue weighted by atomic mass is 10.1. The summed E-state index contributed by atoms with van der Waals surface area (Å²) in [5, 5.41) is 9.22. The average Bonchev–Trinajstić information content (AvgIpc) is 2.12. The molecule has 1 aromatic rings. The highest BCUT2D eigenvalue weighted by atomic mass is 35.5. The van der Waals surface area contributed by atoms with Gasteiger partial charge in [0.2, 0.25) is 0 Å². The maximum absolute atomic E-state index is 13.2. The van der Waals surface area contributed by atoms with E-state index in [1.54, 1.807) is 0 Å². The second-order valence-electron chi connectivity index (χ2n) is 2.48. The number of rotatable bonds is 3. The molecule has 1 rings (SSSR count). The molecule has 0 aromatic heterocycles. The smallest absolute Gasteiger partial charge is 0.148 e. The van der Waals surface area contributed by atoms with Gasteiger partial charge in [-0.1, -0.05) is 11.6 Å². The number of phenolic OH excluding ortho intramolecular Hbond substituents is 1. The Balaban J connectivity index is 2.96. The van der Waals surface area contributed by atoms with E-state index in [0.29, 0.717) is 0 Å². The molecule has 0 unspecified atom stereocenters. The Morgan fingerprint density at radius 2 is 2.23 bits per heavy atom. The van der Waals surface area contributed by atoms with E-state index < -0.39 is 5.82 Å². The molecule has 3 N–H and O–H groups in total. The summed E-state index contributed by atoms with van der Waals surface area (Å²) in [4.78, 5) is 4.27.